The number of rotatable bonds is 1. The lowest BCUT2D eigenvalue weighted by molar-refractivity contribution is -0.182. The summed E-state index contributed by atoms with van der Waals surface area (Å²) in [7, 11) is 1.93. The number of aliphatic hydroxyl groups is 1. The molecule has 0 spiro atoms. The highest BCUT2D eigenvalue weighted by molar-refractivity contribution is 5.31. The van der Waals surface area contributed by atoms with E-state index in [-0.39, 0.29) is 33.6 Å². The molecule has 6 rings (SSSR count). The van der Waals surface area contributed by atoms with Crippen LogP contribution < -0.4 is 0 Å². The standard InChI is InChI=1S/C31H52O3/c1-25(2)21-10-17-30-19-27(5)14-9-20-26(3,4)24(33-8)13-15-28(20,6)22(27)11-18-31(30,34-30)29(21,7)16-12-23(25)32/h20-24,32H,9-19H2,1-8H3/t20?,21?,22?,23-,24+,27+,28+,29+,30-,31-/m1/s1. The second-order valence-electron chi connectivity index (χ2n) is 15.9. The van der Waals surface area contributed by atoms with Gasteiger partial charge in [-0.15, -0.1) is 0 Å². The smallest absolute Gasteiger partial charge is 0.104 e. The second-order valence-corrected chi connectivity index (χ2v) is 15.9. The minimum atomic E-state index is -0.169. The van der Waals surface area contributed by atoms with Crippen LogP contribution in [0, 0.1) is 44.8 Å². The molecular weight excluding hydrogens is 420 g/mol. The van der Waals surface area contributed by atoms with Crippen LogP contribution in [-0.2, 0) is 9.47 Å². The first-order chi connectivity index (χ1) is 15.7. The first-order valence-corrected chi connectivity index (χ1v) is 14.6. The predicted molar refractivity (Wildman–Crippen MR) is 136 cm³/mol. The Bertz CT molecular complexity index is 865. The van der Waals surface area contributed by atoms with Crippen LogP contribution in [0.2, 0.25) is 0 Å². The zero-order chi connectivity index (χ0) is 24.6. The summed E-state index contributed by atoms with van der Waals surface area (Å²) in [6.07, 6.45) is 13.8. The SMILES string of the molecule is CO[C@H]1CC[C@@]2(C)C(CC[C@@]3(C)C[C@]45CCC6C(C)(C)[C@H](O)CC[C@]6(C)[C@@]4(CCC32)O5)C1(C)C. The van der Waals surface area contributed by atoms with Crippen LogP contribution in [0.15, 0.2) is 0 Å². The number of fused-ring (bicyclic) bond motifs is 4. The summed E-state index contributed by atoms with van der Waals surface area (Å²) in [5, 5.41) is 11.0. The van der Waals surface area contributed by atoms with E-state index < -0.39 is 0 Å². The molecule has 10 atom stereocenters. The van der Waals surface area contributed by atoms with Crippen molar-refractivity contribution in [2.75, 3.05) is 7.11 Å². The number of aliphatic hydroxyl groups excluding tert-OH is 1. The van der Waals surface area contributed by atoms with E-state index >= 15 is 0 Å². The molecule has 1 aliphatic heterocycles. The average molecular weight is 473 g/mol. The number of methoxy groups -OCH3 is 1. The Morgan fingerprint density at radius 3 is 2.09 bits per heavy atom. The number of ether oxygens (including phenoxy) is 2. The van der Waals surface area contributed by atoms with Gasteiger partial charge in [-0.2, -0.15) is 0 Å². The Kier molecular flexibility index (Phi) is 4.88. The summed E-state index contributed by atoms with van der Waals surface area (Å²) in [5.74, 6) is 2.09. The number of hydrogen-bond donors (Lipinski definition) is 1. The van der Waals surface area contributed by atoms with Gasteiger partial charge < -0.3 is 14.6 Å². The fraction of sp³-hybridized carbons (Fsp3) is 1.00. The minimum absolute atomic E-state index is 0.0114. The minimum Gasteiger partial charge on any atom is -0.393 e. The quantitative estimate of drug-likeness (QED) is 0.412. The molecule has 1 saturated heterocycles. The molecule has 1 N–H and O–H groups in total. The van der Waals surface area contributed by atoms with Gasteiger partial charge in [0.15, 0.2) is 0 Å². The summed E-state index contributed by atoms with van der Waals surface area (Å²) in [6.45, 7) is 17.6. The fourth-order valence-corrected chi connectivity index (χ4v) is 12.6. The maximum Gasteiger partial charge on any atom is 0.104 e. The summed E-state index contributed by atoms with van der Waals surface area (Å²) in [4.78, 5) is 0. The Labute approximate surface area is 209 Å². The van der Waals surface area contributed by atoms with Gasteiger partial charge in [-0.05, 0) is 110 Å². The van der Waals surface area contributed by atoms with Gasteiger partial charge in [0.05, 0.1) is 17.8 Å². The lowest BCUT2D eigenvalue weighted by Crippen LogP contribution is -2.60. The lowest BCUT2D eigenvalue weighted by atomic mass is 9.41. The third-order valence-corrected chi connectivity index (χ3v) is 14.2. The Morgan fingerprint density at radius 1 is 0.706 bits per heavy atom. The van der Waals surface area contributed by atoms with Gasteiger partial charge in [-0.1, -0.05) is 48.5 Å². The van der Waals surface area contributed by atoms with Gasteiger partial charge in [0, 0.05) is 12.5 Å². The van der Waals surface area contributed by atoms with Crippen molar-refractivity contribution in [3.05, 3.63) is 0 Å². The van der Waals surface area contributed by atoms with Crippen LogP contribution in [0.25, 0.3) is 0 Å². The fourth-order valence-electron chi connectivity index (χ4n) is 12.6. The van der Waals surface area contributed by atoms with Crippen LogP contribution in [0.1, 0.15) is 119 Å². The summed E-state index contributed by atoms with van der Waals surface area (Å²) in [6, 6.07) is 0. The Hall–Kier alpha value is -0.120. The van der Waals surface area contributed by atoms with Crippen LogP contribution in [0.4, 0.5) is 0 Å². The third-order valence-electron chi connectivity index (χ3n) is 14.2. The zero-order valence-corrected chi connectivity index (χ0v) is 23.4. The van der Waals surface area contributed by atoms with E-state index in [1.54, 1.807) is 0 Å². The molecule has 194 valence electrons. The van der Waals surface area contributed by atoms with Crippen LogP contribution in [0.5, 0.6) is 0 Å². The van der Waals surface area contributed by atoms with E-state index in [4.69, 9.17) is 9.47 Å². The van der Waals surface area contributed by atoms with E-state index in [2.05, 4.69) is 48.5 Å². The second kappa shape index (κ2) is 6.84. The van der Waals surface area contributed by atoms with E-state index in [1.165, 1.54) is 57.8 Å². The van der Waals surface area contributed by atoms with E-state index in [0.717, 1.165) is 24.7 Å². The van der Waals surface area contributed by atoms with Gasteiger partial charge in [0.2, 0.25) is 0 Å². The molecule has 6 aliphatic rings. The lowest BCUT2D eigenvalue weighted by Gasteiger charge is -2.64. The van der Waals surface area contributed by atoms with Crippen LogP contribution in [-0.4, -0.2) is 35.6 Å². The molecule has 3 heteroatoms. The topological polar surface area (TPSA) is 42.0 Å². The van der Waals surface area contributed by atoms with Crippen molar-refractivity contribution in [1.29, 1.82) is 0 Å². The summed E-state index contributed by atoms with van der Waals surface area (Å²) in [5.41, 5.74) is 1.37. The van der Waals surface area contributed by atoms with Crippen molar-refractivity contribution in [1.82, 2.24) is 0 Å². The normalized spacial score (nSPS) is 59.4. The van der Waals surface area contributed by atoms with Crippen molar-refractivity contribution in [3.8, 4) is 0 Å². The molecule has 5 aliphatic carbocycles. The van der Waals surface area contributed by atoms with E-state index in [1.807, 2.05) is 7.11 Å². The average Bonchev–Trinajstić information content (AvgIpc) is 3.40. The van der Waals surface area contributed by atoms with Crippen molar-refractivity contribution in [2.24, 2.45) is 44.8 Å². The molecule has 5 saturated carbocycles. The molecule has 0 radical (unpaired) electrons. The summed E-state index contributed by atoms with van der Waals surface area (Å²) < 4.78 is 13.2. The molecule has 34 heavy (non-hydrogen) atoms. The predicted octanol–water partition coefficient (Wildman–Crippen LogP) is 7.15. The number of epoxide rings is 1. The molecule has 0 bridgehead atoms. The maximum atomic E-state index is 11.0. The molecule has 1 heterocycles. The number of hydrogen-bond acceptors (Lipinski definition) is 3. The Morgan fingerprint density at radius 2 is 1.38 bits per heavy atom. The third kappa shape index (κ3) is 2.61. The molecule has 6 fully saturated rings. The molecule has 3 nitrogen and oxygen atoms in total. The maximum absolute atomic E-state index is 11.0. The highest BCUT2D eigenvalue weighted by atomic mass is 16.6. The zero-order valence-electron chi connectivity index (χ0n) is 23.4. The van der Waals surface area contributed by atoms with Crippen molar-refractivity contribution in [2.45, 2.75) is 143 Å². The van der Waals surface area contributed by atoms with Crippen molar-refractivity contribution in [3.63, 3.8) is 0 Å². The van der Waals surface area contributed by atoms with Crippen molar-refractivity contribution < 1.29 is 14.6 Å². The monoisotopic (exact) mass is 472 g/mol. The molecule has 0 amide bonds. The van der Waals surface area contributed by atoms with Gasteiger partial charge in [0.1, 0.15) is 5.60 Å². The van der Waals surface area contributed by atoms with Gasteiger partial charge in [0.25, 0.3) is 0 Å². The molecular formula is C31H52O3. The van der Waals surface area contributed by atoms with Gasteiger partial charge in [-0.25, -0.2) is 0 Å². The largest absolute Gasteiger partial charge is 0.393 e. The molecule has 0 aromatic carbocycles. The highest BCUT2D eigenvalue weighted by Crippen LogP contribution is 2.80. The molecule has 0 aromatic heterocycles. The first kappa shape index (κ1) is 24.2. The summed E-state index contributed by atoms with van der Waals surface area (Å²) >= 11 is 0. The Balaban J connectivity index is 1.37. The van der Waals surface area contributed by atoms with Gasteiger partial charge >= 0.3 is 0 Å². The van der Waals surface area contributed by atoms with Gasteiger partial charge in [-0.3, -0.25) is 0 Å². The molecule has 0 aromatic rings. The molecule has 3 unspecified atom stereocenters. The van der Waals surface area contributed by atoms with E-state index in [0.29, 0.717) is 22.9 Å². The van der Waals surface area contributed by atoms with E-state index in [9.17, 15) is 5.11 Å². The highest BCUT2D eigenvalue weighted by Gasteiger charge is 2.83. The van der Waals surface area contributed by atoms with Crippen molar-refractivity contribution >= 4 is 0 Å². The van der Waals surface area contributed by atoms with Crippen LogP contribution >= 0.6 is 0 Å². The van der Waals surface area contributed by atoms with Crippen LogP contribution in [0.3, 0.4) is 0 Å². The first-order valence-electron chi connectivity index (χ1n) is 14.6.